The lowest BCUT2D eigenvalue weighted by atomic mass is 9.88. The molecule has 3 aromatic rings. The van der Waals surface area contributed by atoms with Crippen molar-refractivity contribution in [2.24, 2.45) is 17.1 Å². The Morgan fingerprint density at radius 1 is 1.15 bits per heavy atom. The molecule has 1 atom stereocenters. The number of nitrogens with two attached hydrogens (primary N) is 1. The molecular formula is C29H33F2N3O6. The molecule has 1 unspecified atom stereocenters. The zero-order chi connectivity index (χ0) is 29.0. The zero-order valence-electron chi connectivity index (χ0n) is 22.9. The van der Waals surface area contributed by atoms with Crippen molar-refractivity contribution in [1.29, 1.82) is 0 Å². The Labute approximate surface area is 231 Å². The van der Waals surface area contributed by atoms with Crippen molar-refractivity contribution in [3.8, 4) is 23.0 Å². The van der Waals surface area contributed by atoms with Crippen LogP contribution in [0.2, 0.25) is 0 Å². The number of hydrogen-bond acceptors (Lipinski definition) is 7. The van der Waals surface area contributed by atoms with Crippen LogP contribution in [0.25, 0.3) is 11.5 Å². The molecule has 11 heteroatoms. The maximum atomic E-state index is 14.2. The summed E-state index contributed by atoms with van der Waals surface area (Å²) >= 11 is 0. The maximum Gasteiger partial charge on any atom is 0.405 e. The maximum absolute atomic E-state index is 14.2. The minimum Gasteiger partial charge on any atom is -0.493 e. The number of benzene rings is 2. The summed E-state index contributed by atoms with van der Waals surface area (Å²) in [5.74, 6) is -0.671. The lowest BCUT2D eigenvalue weighted by molar-refractivity contribution is 0.0635. The molecule has 4 rings (SSSR count). The summed E-state index contributed by atoms with van der Waals surface area (Å²) in [5, 5.41) is 2.58. The van der Waals surface area contributed by atoms with Gasteiger partial charge < -0.3 is 29.7 Å². The summed E-state index contributed by atoms with van der Waals surface area (Å²) in [7, 11) is 1.53. The fraction of sp³-hybridized carbons (Fsp3) is 0.414. The molecule has 2 aromatic carbocycles. The molecule has 1 fully saturated rings. The van der Waals surface area contributed by atoms with E-state index in [0.29, 0.717) is 29.6 Å². The first-order chi connectivity index (χ1) is 18.9. The topological polar surface area (TPSA) is 126 Å². The van der Waals surface area contributed by atoms with Gasteiger partial charge in [0.15, 0.2) is 29.1 Å². The van der Waals surface area contributed by atoms with E-state index < -0.39 is 29.7 Å². The Bertz CT molecular complexity index is 1380. The van der Waals surface area contributed by atoms with E-state index in [9.17, 15) is 18.4 Å². The van der Waals surface area contributed by atoms with Gasteiger partial charge in [-0.2, -0.15) is 0 Å². The third-order valence-corrected chi connectivity index (χ3v) is 6.25. The normalized spacial score (nSPS) is 13.9. The van der Waals surface area contributed by atoms with E-state index in [0.717, 1.165) is 25.0 Å². The highest BCUT2D eigenvalue weighted by atomic mass is 19.1. The quantitative estimate of drug-likeness (QED) is 0.300. The first kappa shape index (κ1) is 28.8. The van der Waals surface area contributed by atoms with E-state index in [1.807, 2.05) is 20.8 Å². The number of nitrogens with one attached hydrogen (secondary N) is 1. The minimum atomic E-state index is -1.05. The number of amides is 2. The average Bonchev–Trinajstić information content (AvgIpc) is 3.60. The Morgan fingerprint density at radius 2 is 1.90 bits per heavy atom. The van der Waals surface area contributed by atoms with E-state index in [1.54, 1.807) is 18.2 Å². The second-order valence-corrected chi connectivity index (χ2v) is 11.0. The summed E-state index contributed by atoms with van der Waals surface area (Å²) in [6, 6.07) is 8.15. The van der Waals surface area contributed by atoms with Crippen LogP contribution in [-0.2, 0) is 11.3 Å². The molecule has 1 aliphatic carbocycles. The van der Waals surface area contributed by atoms with Crippen molar-refractivity contribution in [3.63, 3.8) is 0 Å². The number of carbonyl (C=O) groups is 2. The average molecular weight is 558 g/mol. The predicted octanol–water partition coefficient (Wildman–Crippen LogP) is 5.92. The number of rotatable bonds is 11. The molecule has 1 aromatic heterocycles. The number of halogens is 2. The minimum absolute atomic E-state index is 0.0166. The van der Waals surface area contributed by atoms with Crippen molar-refractivity contribution in [2.75, 3.05) is 13.7 Å². The third-order valence-electron chi connectivity index (χ3n) is 6.25. The van der Waals surface area contributed by atoms with Crippen LogP contribution < -0.4 is 20.5 Å². The molecule has 9 nitrogen and oxygen atoms in total. The highest BCUT2D eigenvalue weighted by molar-refractivity contribution is 5.94. The first-order valence-corrected chi connectivity index (χ1v) is 12.9. The second kappa shape index (κ2) is 11.9. The van der Waals surface area contributed by atoms with Crippen LogP contribution in [-0.4, -0.2) is 30.7 Å². The number of carbonyl (C=O) groups excluding carboxylic acids is 2. The van der Waals surface area contributed by atoms with Gasteiger partial charge in [-0.05, 0) is 54.9 Å². The van der Waals surface area contributed by atoms with Gasteiger partial charge in [-0.25, -0.2) is 18.6 Å². The van der Waals surface area contributed by atoms with Crippen LogP contribution in [0.3, 0.4) is 0 Å². The van der Waals surface area contributed by atoms with Crippen molar-refractivity contribution in [3.05, 3.63) is 65.1 Å². The van der Waals surface area contributed by atoms with Crippen LogP contribution in [0.4, 0.5) is 13.6 Å². The summed E-state index contributed by atoms with van der Waals surface area (Å²) in [4.78, 5) is 29.5. The Kier molecular flexibility index (Phi) is 8.61. The van der Waals surface area contributed by atoms with Crippen molar-refractivity contribution in [1.82, 2.24) is 10.3 Å². The molecule has 40 heavy (non-hydrogen) atoms. The number of methoxy groups -OCH3 is 1. The summed E-state index contributed by atoms with van der Waals surface area (Å²) in [5.41, 5.74) is 5.39. The Hall–Kier alpha value is -4.15. The monoisotopic (exact) mass is 557 g/mol. The summed E-state index contributed by atoms with van der Waals surface area (Å²) < 4.78 is 50.3. The van der Waals surface area contributed by atoms with Crippen LogP contribution >= 0.6 is 0 Å². The van der Waals surface area contributed by atoms with E-state index in [1.165, 1.54) is 13.2 Å². The van der Waals surface area contributed by atoms with Gasteiger partial charge >= 0.3 is 6.09 Å². The van der Waals surface area contributed by atoms with Gasteiger partial charge in [0, 0.05) is 23.7 Å². The number of oxazole rings is 1. The van der Waals surface area contributed by atoms with Gasteiger partial charge in [0.05, 0.1) is 13.7 Å². The van der Waals surface area contributed by atoms with Crippen molar-refractivity contribution >= 4 is 12.0 Å². The highest BCUT2D eigenvalue weighted by Crippen LogP contribution is 2.39. The zero-order valence-corrected chi connectivity index (χ0v) is 22.9. The SMILES string of the molecule is COc1ccc(-c2nc(C(=O)NCc3ccc(F)cc3F)c(C(CC(C)(C)C)OC(N)=O)o2)cc1OCC1CC1. The molecule has 0 radical (unpaired) electrons. The van der Waals surface area contributed by atoms with E-state index in [2.05, 4.69) is 10.3 Å². The van der Waals surface area contributed by atoms with Crippen molar-refractivity contribution in [2.45, 2.75) is 52.7 Å². The molecule has 0 bridgehead atoms. The lowest BCUT2D eigenvalue weighted by Gasteiger charge is -2.24. The molecular weight excluding hydrogens is 524 g/mol. The molecule has 2 amide bonds. The van der Waals surface area contributed by atoms with Gasteiger partial charge in [0.2, 0.25) is 5.89 Å². The largest absolute Gasteiger partial charge is 0.493 e. The van der Waals surface area contributed by atoms with Gasteiger partial charge in [0.1, 0.15) is 11.6 Å². The molecule has 0 aliphatic heterocycles. The predicted molar refractivity (Wildman–Crippen MR) is 142 cm³/mol. The van der Waals surface area contributed by atoms with Gasteiger partial charge in [0.25, 0.3) is 5.91 Å². The second-order valence-electron chi connectivity index (χ2n) is 11.0. The van der Waals surface area contributed by atoms with E-state index in [4.69, 9.17) is 24.4 Å². The van der Waals surface area contributed by atoms with E-state index >= 15 is 0 Å². The fourth-order valence-corrected chi connectivity index (χ4v) is 4.06. The Morgan fingerprint density at radius 3 is 2.52 bits per heavy atom. The first-order valence-electron chi connectivity index (χ1n) is 12.9. The number of hydrogen-bond donors (Lipinski definition) is 2. The van der Waals surface area contributed by atoms with Gasteiger partial charge in [-0.3, -0.25) is 4.79 Å². The summed E-state index contributed by atoms with van der Waals surface area (Å²) in [6.45, 7) is 6.07. The molecule has 1 aliphatic rings. The Balaban J connectivity index is 1.70. The van der Waals surface area contributed by atoms with Gasteiger partial charge in [-0.15, -0.1) is 0 Å². The van der Waals surface area contributed by atoms with Crippen molar-refractivity contribution < 1.29 is 37.0 Å². The smallest absolute Gasteiger partial charge is 0.405 e. The number of aromatic nitrogens is 1. The molecule has 1 saturated carbocycles. The number of nitrogens with zero attached hydrogens (tertiary/aromatic N) is 1. The van der Waals surface area contributed by atoms with Gasteiger partial charge in [-0.1, -0.05) is 26.8 Å². The molecule has 0 saturated heterocycles. The van der Waals surface area contributed by atoms with Crippen LogP contribution in [0, 0.1) is 23.0 Å². The molecule has 0 spiro atoms. The third kappa shape index (κ3) is 7.49. The number of ether oxygens (including phenoxy) is 3. The molecule has 1 heterocycles. The highest BCUT2D eigenvalue weighted by Gasteiger charge is 2.33. The van der Waals surface area contributed by atoms with Crippen LogP contribution in [0.15, 0.2) is 40.8 Å². The fourth-order valence-electron chi connectivity index (χ4n) is 4.06. The summed E-state index contributed by atoms with van der Waals surface area (Å²) in [6.07, 6.45) is 0.398. The number of primary amides is 1. The van der Waals surface area contributed by atoms with E-state index in [-0.39, 0.29) is 41.3 Å². The standard InChI is InChI=1S/C29H33F2N3O6/c1-29(2,3)13-23(39-28(32)36)25-24(26(35)33-14-18-7-9-19(30)12-20(18)31)34-27(40-25)17-8-10-21(37-4)22(11-17)38-15-16-5-6-16/h7-12,16,23H,5-6,13-15H2,1-4H3,(H2,32,36)(H,33,35). The molecule has 214 valence electrons. The van der Waals surface area contributed by atoms with Crippen LogP contribution in [0.1, 0.15) is 67.9 Å². The van der Waals surface area contributed by atoms with Crippen LogP contribution in [0.5, 0.6) is 11.5 Å². The lowest BCUT2D eigenvalue weighted by Crippen LogP contribution is -2.27. The molecule has 3 N–H and O–H groups in total.